The van der Waals surface area contributed by atoms with Crippen LogP contribution in [0.5, 0.6) is 0 Å². The van der Waals surface area contributed by atoms with Crippen molar-refractivity contribution in [3.8, 4) is 12.3 Å². The van der Waals surface area contributed by atoms with Gasteiger partial charge >= 0.3 is 0 Å². The number of nitrogens with one attached hydrogen (secondary N) is 1. The molecule has 15 heavy (non-hydrogen) atoms. The lowest BCUT2D eigenvalue weighted by molar-refractivity contribution is -0.123. The van der Waals surface area contributed by atoms with Crippen LogP contribution in [0.3, 0.4) is 0 Å². The van der Waals surface area contributed by atoms with Gasteiger partial charge in [0.05, 0.1) is 12.1 Å². The molecule has 84 valence electrons. The van der Waals surface area contributed by atoms with Crippen molar-refractivity contribution in [3.63, 3.8) is 0 Å². The van der Waals surface area contributed by atoms with Crippen LogP contribution in [0.15, 0.2) is 0 Å². The second kappa shape index (κ2) is 5.74. The van der Waals surface area contributed by atoms with Crippen LogP contribution in [-0.2, 0) is 4.79 Å². The standard InChI is InChI=1S/C11H18N2O2/c1-2-4-10(12)11(15)13-8-5-3-6-9(14)7-8/h1,8-10,14H,3-7,12H2,(H,13,15). The number of hydrogen-bond donors (Lipinski definition) is 3. The highest BCUT2D eigenvalue weighted by Gasteiger charge is 2.23. The molecule has 0 radical (unpaired) electrons. The number of aliphatic hydroxyl groups is 1. The third kappa shape index (κ3) is 3.90. The van der Waals surface area contributed by atoms with Crippen molar-refractivity contribution >= 4 is 5.91 Å². The van der Waals surface area contributed by atoms with E-state index in [4.69, 9.17) is 12.2 Å². The Morgan fingerprint density at radius 3 is 3.00 bits per heavy atom. The van der Waals surface area contributed by atoms with Crippen molar-refractivity contribution in [1.82, 2.24) is 5.32 Å². The zero-order chi connectivity index (χ0) is 11.3. The molecule has 3 unspecified atom stereocenters. The summed E-state index contributed by atoms with van der Waals surface area (Å²) in [5, 5.41) is 12.2. The number of carbonyl (C=O) groups excluding carboxylic acids is 1. The van der Waals surface area contributed by atoms with Gasteiger partial charge in [-0.15, -0.1) is 12.3 Å². The molecule has 0 aromatic heterocycles. The highest BCUT2D eigenvalue weighted by molar-refractivity contribution is 5.82. The van der Waals surface area contributed by atoms with E-state index >= 15 is 0 Å². The molecule has 0 spiro atoms. The van der Waals surface area contributed by atoms with Gasteiger partial charge in [0.1, 0.15) is 0 Å². The molecular weight excluding hydrogens is 192 g/mol. The molecule has 0 aromatic carbocycles. The van der Waals surface area contributed by atoms with Crippen LogP contribution in [0.4, 0.5) is 0 Å². The highest BCUT2D eigenvalue weighted by atomic mass is 16.3. The van der Waals surface area contributed by atoms with E-state index in [1.54, 1.807) is 0 Å². The molecule has 4 nitrogen and oxygen atoms in total. The Bertz CT molecular complexity index is 260. The third-order valence-electron chi connectivity index (χ3n) is 2.67. The average molecular weight is 210 g/mol. The summed E-state index contributed by atoms with van der Waals surface area (Å²) in [6, 6.07) is -0.584. The molecule has 1 aliphatic carbocycles. The Morgan fingerprint density at radius 2 is 2.40 bits per heavy atom. The Kier molecular flexibility index (Phi) is 4.60. The largest absolute Gasteiger partial charge is 0.393 e. The fraction of sp³-hybridized carbons (Fsp3) is 0.727. The second-order valence-corrected chi connectivity index (χ2v) is 4.04. The smallest absolute Gasteiger partial charge is 0.238 e. The van der Waals surface area contributed by atoms with Crippen molar-refractivity contribution in [2.75, 3.05) is 0 Å². The van der Waals surface area contributed by atoms with E-state index in [0.717, 1.165) is 19.3 Å². The van der Waals surface area contributed by atoms with Crippen LogP contribution in [0.1, 0.15) is 32.1 Å². The van der Waals surface area contributed by atoms with Gasteiger partial charge in [0.15, 0.2) is 0 Å². The first-order valence-electron chi connectivity index (χ1n) is 5.31. The third-order valence-corrected chi connectivity index (χ3v) is 2.67. The summed E-state index contributed by atoms with van der Waals surface area (Å²) in [4.78, 5) is 11.5. The van der Waals surface area contributed by atoms with Gasteiger partial charge in [-0.1, -0.05) is 0 Å². The molecule has 0 heterocycles. The van der Waals surface area contributed by atoms with Gasteiger partial charge in [-0.25, -0.2) is 0 Å². The fourth-order valence-corrected chi connectivity index (χ4v) is 1.82. The average Bonchev–Trinajstić information content (AvgIpc) is 2.18. The number of rotatable bonds is 3. The summed E-state index contributed by atoms with van der Waals surface area (Å²) in [6.45, 7) is 0. The number of aliphatic hydroxyl groups excluding tert-OH is 1. The topological polar surface area (TPSA) is 75.4 Å². The van der Waals surface area contributed by atoms with Gasteiger partial charge in [-0.2, -0.15) is 0 Å². The quantitative estimate of drug-likeness (QED) is 0.563. The molecule has 3 atom stereocenters. The lowest BCUT2D eigenvalue weighted by Crippen LogP contribution is -2.47. The van der Waals surface area contributed by atoms with Crippen LogP contribution in [0, 0.1) is 12.3 Å². The van der Waals surface area contributed by atoms with Gasteiger partial charge < -0.3 is 16.2 Å². The molecule has 1 saturated carbocycles. The molecule has 1 rings (SSSR count). The lowest BCUT2D eigenvalue weighted by atomic mass is 9.93. The number of amides is 1. The molecule has 0 aliphatic heterocycles. The van der Waals surface area contributed by atoms with Crippen LogP contribution in [-0.4, -0.2) is 29.2 Å². The first kappa shape index (κ1) is 12.0. The van der Waals surface area contributed by atoms with Gasteiger partial charge in [0, 0.05) is 12.5 Å². The number of terminal acetylenes is 1. The first-order chi connectivity index (χ1) is 7.13. The highest BCUT2D eigenvalue weighted by Crippen LogP contribution is 2.18. The van der Waals surface area contributed by atoms with E-state index in [2.05, 4.69) is 11.2 Å². The molecular formula is C11H18N2O2. The SMILES string of the molecule is C#CCC(N)C(=O)NC1CCCC(O)C1. The van der Waals surface area contributed by atoms with Crippen molar-refractivity contribution in [3.05, 3.63) is 0 Å². The molecule has 1 amide bonds. The normalized spacial score (nSPS) is 27.8. The minimum Gasteiger partial charge on any atom is -0.393 e. The molecule has 0 bridgehead atoms. The maximum atomic E-state index is 11.5. The predicted molar refractivity (Wildman–Crippen MR) is 57.8 cm³/mol. The number of hydrogen-bond acceptors (Lipinski definition) is 3. The second-order valence-electron chi connectivity index (χ2n) is 4.04. The Labute approximate surface area is 90.2 Å². The van der Waals surface area contributed by atoms with E-state index in [1.165, 1.54) is 0 Å². The summed E-state index contributed by atoms with van der Waals surface area (Å²) in [7, 11) is 0. The lowest BCUT2D eigenvalue weighted by Gasteiger charge is -2.27. The minimum atomic E-state index is -0.630. The van der Waals surface area contributed by atoms with E-state index in [-0.39, 0.29) is 24.5 Å². The van der Waals surface area contributed by atoms with Gasteiger partial charge in [-0.3, -0.25) is 4.79 Å². The van der Waals surface area contributed by atoms with Crippen molar-refractivity contribution in [2.45, 2.75) is 50.3 Å². The predicted octanol–water partition coefficient (Wildman–Crippen LogP) is -0.243. The Hall–Kier alpha value is -1.05. The Morgan fingerprint density at radius 1 is 1.67 bits per heavy atom. The van der Waals surface area contributed by atoms with E-state index < -0.39 is 6.04 Å². The van der Waals surface area contributed by atoms with Crippen LogP contribution >= 0.6 is 0 Å². The summed E-state index contributed by atoms with van der Waals surface area (Å²) in [5.41, 5.74) is 5.56. The molecule has 0 saturated heterocycles. The monoisotopic (exact) mass is 210 g/mol. The molecule has 4 N–H and O–H groups in total. The molecule has 0 aromatic rings. The zero-order valence-electron chi connectivity index (χ0n) is 8.78. The number of carbonyl (C=O) groups is 1. The maximum absolute atomic E-state index is 11.5. The maximum Gasteiger partial charge on any atom is 0.238 e. The summed E-state index contributed by atoms with van der Waals surface area (Å²) in [6.07, 6.45) is 8.32. The van der Waals surface area contributed by atoms with Crippen LogP contribution in [0.2, 0.25) is 0 Å². The molecule has 4 heteroatoms. The van der Waals surface area contributed by atoms with E-state index in [0.29, 0.717) is 6.42 Å². The van der Waals surface area contributed by atoms with E-state index in [1.807, 2.05) is 0 Å². The van der Waals surface area contributed by atoms with Crippen molar-refractivity contribution in [1.29, 1.82) is 0 Å². The van der Waals surface area contributed by atoms with Gasteiger partial charge in [0.2, 0.25) is 5.91 Å². The zero-order valence-corrected chi connectivity index (χ0v) is 8.78. The van der Waals surface area contributed by atoms with Crippen molar-refractivity contribution < 1.29 is 9.90 Å². The van der Waals surface area contributed by atoms with Crippen LogP contribution < -0.4 is 11.1 Å². The Balaban J connectivity index is 2.34. The number of nitrogens with two attached hydrogens (primary N) is 1. The van der Waals surface area contributed by atoms with Gasteiger partial charge in [0.25, 0.3) is 0 Å². The molecule has 1 aliphatic rings. The fourth-order valence-electron chi connectivity index (χ4n) is 1.82. The van der Waals surface area contributed by atoms with E-state index in [9.17, 15) is 9.90 Å². The summed E-state index contributed by atoms with van der Waals surface area (Å²) >= 11 is 0. The summed E-state index contributed by atoms with van der Waals surface area (Å²) < 4.78 is 0. The first-order valence-corrected chi connectivity index (χ1v) is 5.31. The van der Waals surface area contributed by atoms with Gasteiger partial charge in [-0.05, 0) is 25.7 Å². The summed E-state index contributed by atoms with van der Waals surface area (Å²) in [5.74, 6) is 2.14. The van der Waals surface area contributed by atoms with Crippen molar-refractivity contribution in [2.24, 2.45) is 5.73 Å². The minimum absolute atomic E-state index is 0.0464. The molecule has 1 fully saturated rings. The van der Waals surface area contributed by atoms with Crippen LogP contribution in [0.25, 0.3) is 0 Å².